The molecule has 0 spiro atoms. The van der Waals surface area contributed by atoms with Crippen LogP contribution in [0.15, 0.2) is 24.3 Å². The lowest BCUT2D eigenvalue weighted by molar-refractivity contribution is -0.137. The summed E-state index contributed by atoms with van der Waals surface area (Å²) in [6.07, 6.45) is -4.50. The van der Waals surface area contributed by atoms with E-state index in [1.807, 2.05) is 0 Å². The average molecular weight is 275 g/mol. The molecule has 7 heteroatoms. The van der Waals surface area contributed by atoms with E-state index in [-0.39, 0.29) is 5.56 Å². The van der Waals surface area contributed by atoms with Crippen molar-refractivity contribution >= 4 is 5.97 Å². The van der Waals surface area contributed by atoms with Gasteiger partial charge >= 0.3 is 12.1 Å². The Kier molecular flexibility index (Phi) is 4.14. The standard InChI is InChI=1S/C12H9F4NO2/c1-11(13,6-17)7-19-10(18)8-2-4-9(5-3-8)12(14,15)16/h2-5H,7H2,1H3/t11-/m1/s1. The largest absolute Gasteiger partial charge is 0.458 e. The van der Waals surface area contributed by atoms with Crippen LogP contribution < -0.4 is 0 Å². The lowest BCUT2D eigenvalue weighted by Crippen LogP contribution is -2.25. The number of carbonyl (C=O) groups excluding carboxylic acids is 1. The average Bonchev–Trinajstić information content (AvgIpc) is 2.35. The Morgan fingerprint density at radius 2 is 1.79 bits per heavy atom. The smallest absolute Gasteiger partial charge is 0.416 e. The number of rotatable bonds is 3. The van der Waals surface area contributed by atoms with Gasteiger partial charge < -0.3 is 4.74 Å². The van der Waals surface area contributed by atoms with Crippen molar-refractivity contribution in [3.05, 3.63) is 35.4 Å². The number of halogens is 4. The highest BCUT2D eigenvalue weighted by molar-refractivity contribution is 5.89. The zero-order chi connectivity index (χ0) is 14.7. The number of ether oxygens (including phenoxy) is 1. The van der Waals surface area contributed by atoms with E-state index in [9.17, 15) is 22.4 Å². The molecule has 0 radical (unpaired) electrons. The molecule has 0 aromatic heterocycles. The van der Waals surface area contributed by atoms with E-state index in [1.165, 1.54) is 6.07 Å². The second kappa shape index (κ2) is 5.26. The van der Waals surface area contributed by atoms with Gasteiger partial charge in [0.25, 0.3) is 0 Å². The summed E-state index contributed by atoms with van der Waals surface area (Å²) in [4.78, 5) is 11.4. The van der Waals surface area contributed by atoms with E-state index in [1.54, 1.807) is 0 Å². The Morgan fingerprint density at radius 3 is 2.21 bits per heavy atom. The molecule has 0 N–H and O–H groups in total. The maximum Gasteiger partial charge on any atom is 0.416 e. The molecule has 102 valence electrons. The third-order valence-corrected chi connectivity index (χ3v) is 2.16. The second-order valence-electron chi connectivity index (χ2n) is 3.96. The van der Waals surface area contributed by atoms with E-state index in [0.29, 0.717) is 0 Å². The van der Waals surface area contributed by atoms with Gasteiger partial charge in [-0.25, -0.2) is 9.18 Å². The maximum atomic E-state index is 13.1. The van der Waals surface area contributed by atoms with Crippen molar-refractivity contribution in [1.82, 2.24) is 0 Å². The third kappa shape index (κ3) is 4.25. The number of esters is 1. The summed E-state index contributed by atoms with van der Waals surface area (Å²) in [7, 11) is 0. The predicted molar refractivity (Wildman–Crippen MR) is 56.9 cm³/mol. The van der Waals surface area contributed by atoms with Crippen LogP contribution in [0.3, 0.4) is 0 Å². The van der Waals surface area contributed by atoms with Gasteiger partial charge in [-0.3, -0.25) is 0 Å². The molecular weight excluding hydrogens is 266 g/mol. The molecule has 0 saturated carbocycles. The van der Waals surface area contributed by atoms with Gasteiger partial charge in [0.05, 0.1) is 11.1 Å². The molecule has 0 aliphatic heterocycles. The summed E-state index contributed by atoms with van der Waals surface area (Å²) in [6, 6.07) is 4.57. The summed E-state index contributed by atoms with van der Waals surface area (Å²) in [5.74, 6) is -0.993. The van der Waals surface area contributed by atoms with Gasteiger partial charge in [-0.1, -0.05) is 0 Å². The van der Waals surface area contributed by atoms with E-state index < -0.39 is 30.0 Å². The molecule has 3 nitrogen and oxygen atoms in total. The molecule has 0 fully saturated rings. The van der Waals surface area contributed by atoms with E-state index in [0.717, 1.165) is 31.2 Å². The van der Waals surface area contributed by atoms with Crippen molar-refractivity contribution in [2.45, 2.75) is 18.8 Å². The molecule has 19 heavy (non-hydrogen) atoms. The Hall–Kier alpha value is -2.10. The number of hydrogen-bond acceptors (Lipinski definition) is 3. The molecule has 0 heterocycles. The van der Waals surface area contributed by atoms with Gasteiger partial charge in [0.15, 0.2) is 0 Å². The molecule has 1 rings (SSSR count). The highest BCUT2D eigenvalue weighted by Gasteiger charge is 2.30. The first-order chi connectivity index (χ1) is 8.65. The molecule has 0 saturated heterocycles. The van der Waals surface area contributed by atoms with Crippen molar-refractivity contribution in [3.63, 3.8) is 0 Å². The minimum absolute atomic E-state index is 0.151. The topological polar surface area (TPSA) is 50.1 Å². The van der Waals surface area contributed by atoms with Crippen LogP contribution in [0.25, 0.3) is 0 Å². The first kappa shape index (κ1) is 15.0. The van der Waals surface area contributed by atoms with Crippen molar-refractivity contribution in [1.29, 1.82) is 5.26 Å². The van der Waals surface area contributed by atoms with Gasteiger partial charge in [-0.2, -0.15) is 18.4 Å². The van der Waals surface area contributed by atoms with E-state index in [2.05, 4.69) is 4.74 Å². The van der Waals surface area contributed by atoms with Crippen LogP contribution in [-0.2, 0) is 10.9 Å². The van der Waals surface area contributed by atoms with Crippen LogP contribution >= 0.6 is 0 Å². The molecule has 0 aliphatic carbocycles. The molecular formula is C12H9F4NO2. The molecule has 1 atom stereocenters. The summed E-state index contributed by atoms with van der Waals surface area (Å²) in [6.45, 7) is 0.135. The van der Waals surface area contributed by atoms with Gasteiger partial charge in [-0.15, -0.1) is 0 Å². The molecule has 0 amide bonds. The first-order valence-corrected chi connectivity index (χ1v) is 5.10. The lowest BCUT2D eigenvalue weighted by Gasteiger charge is -2.12. The van der Waals surface area contributed by atoms with Crippen LogP contribution in [-0.4, -0.2) is 18.2 Å². The quantitative estimate of drug-likeness (QED) is 0.629. The van der Waals surface area contributed by atoms with Gasteiger partial charge in [0, 0.05) is 0 Å². The normalized spacial score (nSPS) is 14.3. The summed E-state index contributed by atoms with van der Waals surface area (Å²) in [5, 5.41) is 8.36. The number of alkyl halides is 4. The summed E-state index contributed by atoms with van der Waals surface area (Å²) in [5.41, 5.74) is -3.39. The molecule has 0 aliphatic rings. The lowest BCUT2D eigenvalue weighted by atomic mass is 10.1. The zero-order valence-corrected chi connectivity index (χ0v) is 9.79. The van der Waals surface area contributed by atoms with Gasteiger partial charge in [-0.05, 0) is 31.2 Å². The molecule has 0 unspecified atom stereocenters. The summed E-state index contributed by atoms with van der Waals surface area (Å²) < 4.78 is 54.4. The minimum atomic E-state index is -4.50. The Balaban J connectivity index is 2.72. The fraction of sp³-hybridized carbons (Fsp3) is 0.333. The molecule has 1 aromatic rings. The van der Waals surface area contributed by atoms with E-state index >= 15 is 0 Å². The minimum Gasteiger partial charge on any atom is -0.458 e. The number of nitriles is 1. The van der Waals surface area contributed by atoms with Crippen LogP contribution in [0.4, 0.5) is 17.6 Å². The fourth-order valence-electron chi connectivity index (χ4n) is 1.11. The zero-order valence-electron chi connectivity index (χ0n) is 9.79. The number of benzene rings is 1. The second-order valence-corrected chi connectivity index (χ2v) is 3.96. The Bertz CT molecular complexity index is 500. The fourth-order valence-corrected chi connectivity index (χ4v) is 1.11. The van der Waals surface area contributed by atoms with Crippen molar-refractivity contribution < 1.29 is 27.1 Å². The van der Waals surface area contributed by atoms with Crippen LogP contribution in [0.2, 0.25) is 0 Å². The maximum absolute atomic E-state index is 13.1. The van der Waals surface area contributed by atoms with E-state index in [4.69, 9.17) is 5.26 Å². The van der Waals surface area contributed by atoms with Crippen molar-refractivity contribution in [2.75, 3.05) is 6.61 Å². The monoisotopic (exact) mass is 275 g/mol. The SMILES string of the molecule is C[C@@](F)(C#N)COC(=O)c1ccc(C(F)(F)F)cc1. The number of hydrogen-bond donors (Lipinski definition) is 0. The van der Waals surface area contributed by atoms with Crippen molar-refractivity contribution in [2.24, 2.45) is 0 Å². The highest BCUT2D eigenvalue weighted by atomic mass is 19.4. The first-order valence-electron chi connectivity index (χ1n) is 5.10. The van der Waals surface area contributed by atoms with Crippen LogP contribution in [0, 0.1) is 11.3 Å². The van der Waals surface area contributed by atoms with Crippen molar-refractivity contribution in [3.8, 4) is 6.07 Å². The third-order valence-electron chi connectivity index (χ3n) is 2.16. The summed E-state index contributed by atoms with van der Waals surface area (Å²) >= 11 is 0. The number of nitrogens with zero attached hydrogens (tertiary/aromatic N) is 1. The Morgan fingerprint density at radius 1 is 1.26 bits per heavy atom. The van der Waals surface area contributed by atoms with Gasteiger partial charge in [0.2, 0.25) is 5.67 Å². The Labute approximate surface area is 106 Å². The predicted octanol–water partition coefficient (Wildman–Crippen LogP) is 3.11. The molecule has 1 aromatic carbocycles. The van der Waals surface area contributed by atoms with Crippen LogP contribution in [0.5, 0.6) is 0 Å². The van der Waals surface area contributed by atoms with Crippen LogP contribution in [0.1, 0.15) is 22.8 Å². The van der Waals surface area contributed by atoms with Gasteiger partial charge in [0.1, 0.15) is 12.7 Å². The number of carbonyl (C=O) groups is 1. The molecule has 0 bridgehead atoms. The highest BCUT2D eigenvalue weighted by Crippen LogP contribution is 2.29.